The van der Waals surface area contributed by atoms with E-state index in [1.165, 1.54) is 18.2 Å². The molecule has 0 amide bonds. The van der Waals surface area contributed by atoms with Crippen LogP contribution in [0.4, 0.5) is 15.9 Å². The largest absolute Gasteiger partial charge is 0.409 e. The van der Waals surface area contributed by atoms with Crippen LogP contribution in [0, 0.1) is 5.82 Å². The molecule has 1 heterocycles. The molecule has 0 fully saturated rings. The van der Waals surface area contributed by atoms with Crippen molar-refractivity contribution in [2.45, 2.75) is 0 Å². The maximum atomic E-state index is 13.3. The quantitative estimate of drug-likeness (QED) is 0.149. The van der Waals surface area contributed by atoms with E-state index in [0.29, 0.717) is 23.7 Å². The first-order chi connectivity index (χ1) is 12.4. The Morgan fingerprint density at radius 2 is 2.12 bits per heavy atom. The average Bonchev–Trinajstić information content (AvgIpc) is 3.04. The summed E-state index contributed by atoms with van der Waals surface area (Å²) in [4.78, 5) is 0. The van der Waals surface area contributed by atoms with Crippen molar-refractivity contribution in [3.05, 3.63) is 34.2 Å². The summed E-state index contributed by atoms with van der Waals surface area (Å²) >= 11 is 3.07. The number of nitrogens with two attached hydrogens (primary N) is 2. The lowest BCUT2D eigenvalue weighted by Crippen LogP contribution is -2.31. The van der Waals surface area contributed by atoms with Gasteiger partial charge in [0.1, 0.15) is 5.82 Å². The molecule has 1 aromatic carbocycles. The summed E-state index contributed by atoms with van der Waals surface area (Å²) < 4.78 is 18.2. The van der Waals surface area contributed by atoms with E-state index >= 15 is 0 Å². The highest BCUT2D eigenvalue weighted by Gasteiger charge is 2.19. The van der Waals surface area contributed by atoms with Gasteiger partial charge < -0.3 is 20.9 Å². The summed E-state index contributed by atoms with van der Waals surface area (Å²) in [5, 5.41) is 46.3. The van der Waals surface area contributed by atoms with Gasteiger partial charge in [-0.05, 0) is 44.4 Å². The van der Waals surface area contributed by atoms with Crippen LogP contribution in [-0.2, 0) is 0 Å². The Morgan fingerprint density at radius 3 is 2.77 bits per heavy atom. The SMILES string of the molecule is NS(N)(CCO)CCNc1nonc1/C(=N/O)Nc1ccc(F)c(Br)c1. The topological polar surface area (TPSA) is 168 Å². The lowest BCUT2D eigenvalue weighted by Gasteiger charge is -2.29. The molecule has 0 aliphatic heterocycles. The highest BCUT2D eigenvalue weighted by Crippen LogP contribution is 2.28. The molecule has 0 atom stereocenters. The molecule has 2 rings (SSSR count). The van der Waals surface area contributed by atoms with Gasteiger partial charge in [-0.1, -0.05) is 5.16 Å². The Kier molecular flexibility index (Phi) is 7.16. The van der Waals surface area contributed by atoms with Gasteiger partial charge in [-0.15, -0.1) is 10.4 Å². The van der Waals surface area contributed by atoms with Gasteiger partial charge in [-0.25, -0.2) is 9.02 Å². The Bertz CT molecular complexity index is 774. The molecule has 2 aromatic rings. The smallest absolute Gasteiger partial charge is 0.203 e. The highest BCUT2D eigenvalue weighted by atomic mass is 79.9. The summed E-state index contributed by atoms with van der Waals surface area (Å²) in [5.74, 6) is 0.473. The number of rotatable bonds is 8. The number of halogens is 2. The van der Waals surface area contributed by atoms with Crippen LogP contribution in [0.2, 0.25) is 0 Å². The number of nitrogens with one attached hydrogen (secondary N) is 2. The zero-order chi connectivity index (χ0) is 19.2. The molecule has 0 radical (unpaired) electrons. The molecule has 26 heavy (non-hydrogen) atoms. The third kappa shape index (κ3) is 5.54. The molecule has 0 aliphatic rings. The van der Waals surface area contributed by atoms with Gasteiger partial charge in [0.2, 0.25) is 11.7 Å². The maximum absolute atomic E-state index is 13.3. The normalized spacial score (nSPS) is 12.9. The molecule has 144 valence electrons. The second-order valence-corrected chi connectivity index (χ2v) is 8.91. The highest BCUT2D eigenvalue weighted by molar-refractivity contribution is 9.10. The molecule has 0 aliphatic carbocycles. The number of aliphatic hydroxyl groups excluding tert-OH is 1. The van der Waals surface area contributed by atoms with Crippen LogP contribution in [-0.4, -0.2) is 51.1 Å². The van der Waals surface area contributed by atoms with E-state index in [1.54, 1.807) is 0 Å². The van der Waals surface area contributed by atoms with E-state index in [4.69, 9.17) is 15.4 Å². The van der Waals surface area contributed by atoms with Crippen LogP contribution in [0.25, 0.3) is 0 Å². The van der Waals surface area contributed by atoms with E-state index in [2.05, 4.69) is 46.7 Å². The second kappa shape index (κ2) is 9.14. The van der Waals surface area contributed by atoms with Gasteiger partial charge in [0.15, 0.2) is 5.69 Å². The predicted octanol–water partition coefficient (Wildman–Crippen LogP) is 1.18. The Balaban J connectivity index is 2.06. The van der Waals surface area contributed by atoms with Crippen LogP contribution < -0.4 is 20.9 Å². The third-order valence-corrected chi connectivity index (χ3v) is 5.76. The number of amidine groups is 1. The summed E-state index contributed by atoms with van der Waals surface area (Å²) in [7, 11) is -1.91. The number of aliphatic hydroxyl groups is 1. The first-order valence-electron chi connectivity index (χ1n) is 7.32. The van der Waals surface area contributed by atoms with Gasteiger partial charge in [-0.2, -0.15) is 0 Å². The molecular formula is C13H19BrFN7O3S. The number of hydrogen-bond acceptors (Lipinski definition) is 9. The number of nitrogens with zero attached hydrogens (tertiary/aromatic N) is 3. The fraction of sp³-hybridized carbons (Fsp3) is 0.308. The molecule has 10 nitrogen and oxygen atoms in total. The minimum absolute atomic E-state index is 0.0540. The zero-order valence-electron chi connectivity index (χ0n) is 13.5. The Hall–Kier alpha value is -1.93. The van der Waals surface area contributed by atoms with Crippen molar-refractivity contribution in [1.82, 2.24) is 10.3 Å². The molecule has 0 spiro atoms. The van der Waals surface area contributed by atoms with E-state index in [0.717, 1.165) is 0 Å². The van der Waals surface area contributed by atoms with E-state index in [9.17, 15) is 9.60 Å². The monoisotopic (exact) mass is 451 g/mol. The van der Waals surface area contributed by atoms with Crippen molar-refractivity contribution in [3.63, 3.8) is 0 Å². The molecule has 0 saturated carbocycles. The van der Waals surface area contributed by atoms with E-state index in [1.807, 2.05) is 0 Å². The summed E-state index contributed by atoms with van der Waals surface area (Å²) in [6, 6.07) is 4.17. The van der Waals surface area contributed by atoms with Crippen LogP contribution >= 0.6 is 26.3 Å². The molecule has 0 unspecified atom stereocenters. The fourth-order valence-electron chi connectivity index (χ4n) is 1.93. The van der Waals surface area contributed by atoms with Gasteiger partial charge in [0, 0.05) is 23.7 Å². The van der Waals surface area contributed by atoms with Gasteiger partial charge in [0.25, 0.3) is 0 Å². The predicted molar refractivity (Wildman–Crippen MR) is 102 cm³/mol. The second-order valence-electron chi connectivity index (χ2n) is 5.23. The van der Waals surface area contributed by atoms with Crippen molar-refractivity contribution in [3.8, 4) is 0 Å². The maximum Gasteiger partial charge on any atom is 0.203 e. The van der Waals surface area contributed by atoms with Crippen molar-refractivity contribution >= 4 is 43.7 Å². The first kappa shape index (κ1) is 20.4. The van der Waals surface area contributed by atoms with Crippen LogP contribution in [0.15, 0.2) is 32.5 Å². The van der Waals surface area contributed by atoms with Gasteiger partial charge >= 0.3 is 0 Å². The average molecular weight is 452 g/mol. The van der Waals surface area contributed by atoms with Crippen molar-refractivity contribution in [2.75, 3.05) is 35.3 Å². The minimum atomic E-state index is -1.91. The van der Waals surface area contributed by atoms with Crippen LogP contribution in [0.1, 0.15) is 5.69 Å². The molecule has 0 saturated heterocycles. The molecular weight excluding hydrogens is 433 g/mol. The van der Waals surface area contributed by atoms with Crippen molar-refractivity contribution < 1.29 is 19.3 Å². The molecule has 8 N–H and O–H groups in total. The Morgan fingerprint density at radius 1 is 1.35 bits per heavy atom. The summed E-state index contributed by atoms with van der Waals surface area (Å²) in [6.45, 7) is 0.266. The summed E-state index contributed by atoms with van der Waals surface area (Å²) in [6.07, 6.45) is 0. The number of benzene rings is 1. The van der Waals surface area contributed by atoms with Gasteiger partial charge in [-0.3, -0.25) is 10.3 Å². The lowest BCUT2D eigenvalue weighted by molar-refractivity contribution is 0.305. The minimum Gasteiger partial charge on any atom is -0.409 e. The van der Waals surface area contributed by atoms with Crippen LogP contribution in [0.3, 0.4) is 0 Å². The van der Waals surface area contributed by atoms with Crippen LogP contribution in [0.5, 0.6) is 0 Å². The lowest BCUT2D eigenvalue weighted by atomic mass is 10.3. The summed E-state index contributed by atoms with van der Waals surface area (Å²) in [5.41, 5.74) is 0.570. The third-order valence-electron chi connectivity index (χ3n) is 3.24. The number of oxime groups is 1. The standard InChI is InChI=1S/C13H19BrFN7O3S/c14-9-7-8(1-2-10(9)15)19-13(20-24)11-12(22-25-21-11)18-3-5-26(16,17)6-4-23/h1-2,7,23-24H,3-6,16-17H2,(H,18,22)(H,19,20). The Labute approximate surface area is 158 Å². The zero-order valence-corrected chi connectivity index (χ0v) is 15.9. The number of aromatic nitrogens is 2. The van der Waals surface area contributed by atoms with Crippen molar-refractivity contribution in [2.24, 2.45) is 15.4 Å². The number of anilines is 2. The first-order valence-corrected chi connectivity index (χ1v) is 10.2. The number of hydrogen-bond donors (Lipinski definition) is 6. The van der Waals surface area contributed by atoms with E-state index in [-0.39, 0.29) is 28.4 Å². The fourth-order valence-corrected chi connectivity index (χ4v) is 3.34. The van der Waals surface area contributed by atoms with Crippen molar-refractivity contribution in [1.29, 1.82) is 0 Å². The van der Waals surface area contributed by atoms with E-state index < -0.39 is 16.2 Å². The molecule has 0 bridgehead atoms. The molecule has 1 aromatic heterocycles. The molecule has 13 heteroatoms. The van der Waals surface area contributed by atoms with Gasteiger partial charge in [0.05, 0.1) is 11.1 Å².